The monoisotopic (exact) mass is 170 g/mol. The molecule has 0 radical (unpaired) electrons. The van der Waals surface area contributed by atoms with Crippen LogP contribution in [0.2, 0.25) is 0 Å². The Balaban J connectivity index is 2.91. The molecule has 0 aliphatic heterocycles. The van der Waals surface area contributed by atoms with Crippen LogP contribution in [0, 0.1) is 0 Å². The van der Waals surface area contributed by atoms with Gasteiger partial charge in [-0.2, -0.15) is 0 Å². The van der Waals surface area contributed by atoms with Crippen LogP contribution >= 0.6 is 12.0 Å². The van der Waals surface area contributed by atoms with E-state index in [1.165, 1.54) is 12.1 Å². The van der Waals surface area contributed by atoms with Gasteiger partial charge >= 0.3 is 5.97 Å². The molecule has 4 heteroatoms. The highest BCUT2D eigenvalue weighted by molar-refractivity contribution is 7.93. The third-order valence-corrected chi connectivity index (χ3v) is 1.69. The second kappa shape index (κ2) is 3.41. The van der Waals surface area contributed by atoms with Crippen LogP contribution in [0.25, 0.3) is 0 Å². The van der Waals surface area contributed by atoms with Crippen LogP contribution in [0.5, 0.6) is 0 Å². The fraction of sp³-hybridized carbons (Fsp3) is 0. The normalized spacial score (nSPS) is 9.55. The van der Waals surface area contributed by atoms with E-state index in [0.29, 0.717) is 16.9 Å². The summed E-state index contributed by atoms with van der Waals surface area (Å²) < 4.78 is 8.54. The van der Waals surface area contributed by atoms with Gasteiger partial charge in [0.15, 0.2) is 0 Å². The van der Waals surface area contributed by atoms with Gasteiger partial charge in [-0.1, -0.05) is 0 Å². The summed E-state index contributed by atoms with van der Waals surface area (Å²) in [6, 6.07) is 5.99. The molecule has 0 amide bonds. The minimum Gasteiger partial charge on any atom is -0.478 e. The van der Waals surface area contributed by atoms with Crippen LogP contribution in [0.4, 0.5) is 0 Å². The van der Waals surface area contributed by atoms with E-state index in [-0.39, 0.29) is 5.56 Å². The molecule has 58 valence electrons. The molecular weight excluding hydrogens is 164 g/mol. The number of carboxylic acid groups (broad SMARTS) is 1. The van der Waals surface area contributed by atoms with Crippen molar-refractivity contribution in [2.24, 2.45) is 0 Å². The van der Waals surface area contributed by atoms with E-state index in [1.54, 1.807) is 12.1 Å². The number of rotatable bonds is 2. The molecule has 0 aliphatic rings. The van der Waals surface area contributed by atoms with Crippen molar-refractivity contribution in [2.75, 3.05) is 0 Å². The lowest BCUT2D eigenvalue weighted by Gasteiger charge is -1.94. The lowest BCUT2D eigenvalue weighted by Crippen LogP contribution is -1.94. The van der Waals surface area contributed by atoms with E-state index in [2.05, 4.69) is 0 Å². The van der Waals surface area contributed by atoms with Crippen LogP contribution in [0.1, 0.15) is 10.4 Å². The standard InChI is InChI=1S/C7H6O3S/c8-7(9)5-1-3-6(11-10)4-2-5/h1-4,10H,(H,8,9). The Labute approximate surface area is 67.9 Å². The summed E-state index contributed by atoms with van der Waals surface area (Å²) in [4.78, 5) is 11.0. The van der Waals surface area contributed by atoms with Gasteiger partial charge in [0.05, 0.1) is 5.56 Å². The number of aromatic carboxylic acids is 1. The average molecular weight is 170 g/mol. The van der Waals surface area contributed by atoms with Crippen molar-refractivity contribution >= 4 is 18.0 Å². The van der Waals surface area contributed by atoms with Crippen molar-refractivity contribution in [3.8, 4) is 0 Å². The van der Waals surface area contributed by atoms with E-state index < -0.39 is 5.97 Å². The first-order valence-corrected chi connectivity index (χ1v) is 3.66. The molecule has 0 fully saturated rings. The van der Waals surface area contributed by atoms with Gasteiger partial charge in [0, 0.05) is 16.9 Å². The number of carbonyl (C=O) groups is 1. The zero-order chi connectivity index (χ0) is 8.27. The molecule has 11 heavy (non-hydrogen) atoms. The predicted octanol–water partition coefficient (Wildman–Crippen LogP) is 1.95. The topological polar surface area (TPSA) is 57.5 Å². The maximum absolute atomic E-state index is 10.3. The van der Waals surface area contributed by atoms with Crippen LogP contribution in [0.15, 0.2) is 29.2 Å². The molecule has 0 aromatic heterocycles. The van der Waals surface area contributed by atoms with Crippen molar-refractivity contribution in [3.05, 3.63) is 29.8 Å². The maximum Gasteiger partial charge on any atom is 0.335 e. The van der Waals surface area contributed by atoms with Crippen molar-refractivity contribution in [1.82, 2.24) is 0 Å². The van der Waals surface area contributed by atoms with E-state index in [1.807, 2.05) is 0 Å². The van der Waals surface area contributed by atoms with Crippen LogP contribution in [-0.4, -0.2) is 15.6 Å². The van der Waals surface area contributed by atoms with Gasteiger partial charge in [0.2, 0.25) is 0 Å². The summed E-state index contributed by atoms with van der Waals surface area (Å²) in [6.07, 6.45) is 0. The molecule has 0 heterocycles. The van der Waals surface area contributed by atoms with Gasteiger partial charge in [0.1, 0.15) is 0 Å². The molecule has 0 atom stereocenters. The van der Waals surface area contributed by atoms with Gasteiger partial charge in [-0.05, 0) is 24.3 Å². The quantitative estimate of drug-likeness (QED) is 0.666. The predicted molar refractivity (Wildman–Crippen MR) is 41.9 cm³/mol. The molecular formula is C7H6O3S. The Bertz CT molecular complexity index is 255. The Hall–Kier alpha value is -1.00. The molecule has 1 aromatic rings. The SMILES string of the molecule is O=C(O)c1ccc(SO)cc1. The lowest BCUT2D eigenvalue weighted by molar-refractivity contribution is 0.0697. The Morgan fingerprint density at radius 3 is 2.18 bits per heavy atom. The van der Waals surface area contributed by atoms with E-state index in [0.717, 1.165) is 0 Å². The molecule has 1 aromatic carbocycles. The second-order valence-corrected chi connectivity index (χ2v) is 2.57. The van der Waals surface area contributed by atoms with Gasteiger partial charge < -0.3 is 9.66 Å². The Morgan fingerprint density at radius 2 is 1.82 bits per heavy atom. The van der Waals surface area contributed by atoms with Gasteiger partial charge in [-0.15, -0.1) is 0 Å². The smallest absolute Gasteiger partial charge is 0.335 e. The number of carboxylic acids is 1. The third-order valence-electron chi connectivity index (χ3n) is 1.21. The van der Waals surface area contributed by atoms with Gasteiger partial charge in [-0.3, -0.25) is 0 Å². The van der Waals surface area contributed by atoms with Crippen molar-refractivity contribution in [1.29, 1.82) is 0 Å². The van der Waals surface area contributed by atoms with Crippen molar-refractivity contribution < 1.29 is 14.5 Å². The van der Waals surface area contributed by atoms with Gasteiger partial charge in [0.25, 0.3) is 0 Å². The van der Waals surface area contributed by atoms with Crippen molar-refractivity contribution in [3.63, 3.8) is 0 Å². The fourth-order valence-corrected chi connectivity index (χ4v) is 0.916. The summed E-state index contributed by atoms with van der Waals surface area (Å²) in [5.41, 5.74) is 0.225. The average Bonchev–Trinajstić information content (AvgIpc) is 2.05. The first kappa shape index (κ1) is 8.10. The molecule has 3 nitrogen and oxygen atoms in total. The maximum atomic E-state index is 10.3. The molecule has 0 saturated heterocycles. The summed E-state index contributed by atoms with van der Waals surface area (Å²) in [5, 5.41) is 8.48. The minimum absolute atomic E-state index is 0.225. The first-order valence-electron chi connectivity index (χ1n) is 2.89. The van der Waals surface area contributed by atoms with Gasteiger partial charge in [-0.25, -0.2) is 4.79 Å². The fourth-order valence-electron chi connectivity index (χ4n) is 0.658. The number of hydrogen-bond acceptors (Lipinski definition) is 3. The highest BCUT2D eigenvalue weighted by atomic mass is 32.2. The van der Waals surface area contributed by atoms with Crippen LogP contribution < -0.4 is 0 Å². The summed E-state index contributed by atoms with van der Waals surface area (Å²) in [6.45, 7) is 0. The zero-order valence-electron chi connectivity index (χ0n) is 5.52. The van der Waals surface area contributed by atoms with E-state index in [9.17, 15) is 4.79 Å². The number of benzene rings is 1. The minimum atomic E-state index is -0.959. The summed E-state index contributed by atoms with van der Waals surface area (Å²) in [5.74, 6) is -0.959. The van der Waals surface area contributed by atoms with E-state index in [4.69, 9.17) is 9.66 Å². The van der Waals surface area contributed by atoms with Crippen LogP contribution in [-0.2, 0) is 0 Å². The Kier molecular flexibility index (Phi) is 2.51. The molecule has 0 saturated carbocycles. The molecule has 0 spiro atoms. The zero-order valence-corrected chi connectivity index (χ0v) is 6.34. The molecule has 0 aliphatic carbocycles. The first-order chi connectivity index (χ1) is 5.24. The summed E-state index contributed by atoms with van der Waals surface area (Å²) in [7, 11) is 0. The Morgan fingerprint density at radius 1 is 1.27 bits per heavy atom. The molecule has 1 rings (SSSR count). The largest absolute Gasteiger partial charge is 0.478 e. The third kappa shape index (κ3) is 1.96. The van der Waals surface area contributed by atoms with Crippen molar-refractivity contribution in [2.45, 2.75) is 4.90 Å². The van der Waals surface area contributed by atoms with Crippen LogP contribution in [0.3, 0.4) is 0 Å². The highest BCUT2D eigenvalue weighted by Gasteiger charge is 2.00. The second-order valence-electron chi connectivity index (χ2n) is 1.92. The number of hydrogen-bond donors (Lipinski definition) is 2. The molecule has 0 bridgehead atoms. The molecule has 0 unspecified atom stereocenters. The highest BCUT2D eigenvalue weighted by Crippen LogP contribution is 2.14. The lowest BCUT2D eigenvalue weighted by atomic mass is 10.2. The van der Waals surface area contributed by atoms with E-state index >= 15 is 0 Å². The summed E-state index contributed by atoms with van der Waals surface area (Å²) >= 11 is 0.596. The molecule has 2 N–H and O–H groups in total.